The zero-order valence-electron chi connectivity index (χ0n) is 8.88. The average molecular weight is 272 g/mol. The molecule has 0 amide bonds. The van der Waals surface area contributed by atoms with Gasteiger partial charge < -0.3 is 15.3 Å². The fourth-order valence-electron chi connectivity index (χ4n) is 1.71. The predicted octanol–water partition coefficient (Wildman–Crippen LogP) is 1.14. The third-order valence-corrected chi connectivity index (χ3v) is 2.55. The number of aliphatic carboxylic acids is 1. The number of carbonyl (C=O) groups is 1. The zero-order valence-corrected chi connectivity index (χ0v) is 10.2. The van der Waals surface area contributed by atoms with Crippen LogP contribution in [0.15, 0.2) is 30.5 Å². The standard InChI is InChI=1S/C11H12N2O3.Cr/c14-11(15)10(13-16)5-7-6-12-9-4-2-1-3-8(7)9;/h1-4,6,10,12-13,16H,5H2,(H,14,15);. The third kappa shape index (κ3) is 2.87. The van der Waals surface area contributed by atoms with Gasteiger partial charge in [-0.1, -0.05) is 18.2 Å². The molecule has 0 aliphatic carbocycles. The summed E-state index contributed by atoms with van der Waals surface area (Å²) >= 11 is 0. The average Bonchev–Trinajstić information content (AvgIpc) is 2.69. The molecule has 2 aromatic rings. The number of carboxylic acids is 1. The molecule has 0 radical (unpaired) electrons. The number of benzene rings is 1. The molecule has 0 saturated heterocycles. The molecule has 1 atom stereocenters. The summed E-state index contributed by atoms with van der Waals surface area (Å²) in [4.78, 5) is 13.8. The van der Waals surface area contributed by atoms with E-state index in [2.05, 4.69) is 4.98 Å². The number of para-hydroxylation sites is 1. The maximum Gasteiger partial charge on any atom is 0.323 e. The number of H-pyrrole nitrogens is 1. The number of rotatable bonds is 4. The Morgan fingerprint density at radius 2 is 2.12 bits per heavy atom. The molecular formula is C11H12CrN2O3. The van der Waals surface area contributed by atoms with E-state index in [1.54, 1.807) is 11.7 Å². The first kappa shape index (κ1) is 13.7. The Morgan fingerprint density at radius 3 is 2.76 bits per heavy atom. The minimum absolute atomic E-state index is 0. The van der Waals surface area contributed by atoms with Crippen LogP contribution in [0.4, 0.5) is 0 Å². The fraction of sp³-hybridized carbons (Fsp3) is 0.182. The Balaban J connectivity index is 0.00000144. The second-order valence-electron chi connectivity index (χ2n) is 3.58. The van der Waals surface area contributed by atoms with Gasteiger partial charge in [-0.2, -0.15) is 5.48 Å². The molecule has 17 heavy (non-hydrogen) atoms. The summed E-state index contributed by atoms with van der Waals surface area (Å²) in [6.07, 6.45) is 1.99. The molecule has 0 spiro atoms. The first-order valence-corrected chi connectivity index (χ1v) is 4.90. The van der Waals surface area contributed by atoms with Gasteiger partial charge in [0.1, 0.15) is 6.04 Å². The molecule has 1 aromatic carbocycles. The smallest absolute Gasteiger partial charge is 0.323 e. The molecule has 0 fully saturated rings. The van der Waals surface area contributed by atoms with Gasteiger partial charge in [0.05, 0.1) is 0 Å². The summed E-state index contributed by atoms with van der Waals surface area (Å²) in [7, 11) is 0. The maximum absolute atomic E-state index is 10.8. The van der Waals surface area contributed by atoms with Crippen LogP contribution < -0.4 is 5.48 Å². The van der Waals surface area contributed by atoms with E-state index in [-0.39, 0.29) is 23.8 Å². The van der Waals surface area contributed by atoms with Gasteiger partial charge in [-0.15, -0.1) is 0 Å². The maximum atomic E-state index is 10.8. The molecule has 1 heterocycles. The van der Waals surface area contributed by atoms with Crippen LogP contribution in [0.2, 0.25) is 0 Å². The molecule has 5 nitrogen and oxygen atoms in total. The van der Waals surface area contributed by atoms with Gasteiger partial charge in [-0.25, -0.2) is 0 Å². The Hall–Kier alpha value is -1.32. The topological polar surface area (TPSA) is 85.3 Å². The summed E-state index contributed by atoms with van der Waals surface area (Å²) < 4.78 is 0. The van der Waals surface area contributed by atoms with E-state index in [4.69, 9.17) is 10.3 Å². The Morgan fingerprint density at radius 1 is 1.41 bits per heavy atom. The van der Waals surface area contributed by atoms with Gasteiger partial charge in [0.15, 0.2) is 0 Å². The van der Waals surface area contributed by atoms with Crippen LogP contribution in [-0.4, -0.2) is 27.3 Å². The van der Waals surface area contributed by atoms with E-state index >= 15 is 0 Å². The molecule has 1 aromatic heterocycles. The molecule has 6 heteroatoms. The van der Waals surface area contributed by atoms with Crippen molar-refractivity contribution >= 4 is 16.9 Å². The van der Waals surface area contributed by atoms with Gasteiger partial charge in [-0.05, 0) is 11.6 Å². The molecule has 4 N–H and O–H groups in total. The van der Waals surface area contributed by atoms with Crippen molar-refractivity contribution < 1.29 is 32.5 Å². The number of hydroxylamine groups is 1. The minimum Gasteiger partial charge on any atom is -0.480 e. The van der Waals surface area contributed by atoms with Crippen molar-refractivity contribution in [2.24, 2.45) is 0 Å². The number of aromatic nitrogens is 1. The van der Waals surface area contributed by atoms with Crippen molar-refractivity contribution in [1.29, 1.82) is 0 Å². The number of fused-ring (bicyclic) bond motifs is 1. The molecular weight excluding hydrogens is 260 g/mol. The number of hydrogen-bond acceptors (Lipinski definition) is 3. The first-order chi connectivity index (χ1) is 7.72. The molecule has 90 valence electrons. The molecule has 1 unspecified atom stereocenters. The van der Waals surface area contributed by atoms with Crippen molar-refractivity contribution in [2.75, 3.05) is 0 Å². The van der Waals surface area contributed by atoms with Crippen LogP contribution in [-0.2, 0) is 28.6 Å². The van der Waals surface area contributed by atoms with Crippen LogP contribution in [0.25, 0.3) is 10.9 Å². The summed E-state index contributed by atoms with van der Waals surface area (Å²) in [6, 6.07) is 6.64. The van der Waals surface area contributed by atoms with E-state index in [0.717, 1.165) is 16.5 Å². The van der Waals surface area contributed by atoms with Crippen molar-refractivity contribution in [3.63, 3.8) is 0 Å². The Labute approximate surface area is 109 Å². The molecule has 0 aliphatic heterocycles. The van der Waals surface area contributed by atoms with E-state index in [1.165, 1.54) is 0 Å². The third-order valence-electron chi connectivity index (χ3n) is 2.55. The van der Waals surface area contributed by atoms with Crippen LogP contribution in [0, 0.1) is 0 Å². The monoisotopic (exact) mass is 272 g/mol. The van der Waals surface area contributed by atoms with Crippen molar-refractivity contribution in [3.05, 3.63) is 36.0 Å². The molecule has 0 bridgehead atoms. The van der Waals surface area contributed by atoms with E-state index in [9.17, 15) is 4.79 Å². The minimum atomic E-state index is -1.08. The normalized spacial score (nSPS) is 12.1. The van der Waals surface area contributed by atoms with Crippen LogP contribution in [0.5, 0.6) is 0 Å². The van der Waals surface area contributed by atoms with Gasteiger partial charge in [0, 0.05) is 40.9 Å². The van der Waals surface area contributed by atoms with Crippen molar-refractivity contribution in [1.82, 2.24) is 10.5 Å². The number of nitrogens with one attached hydrogen (secondary N) is 2. The van der Waals surface area contributed by atoms with Crippen molar-refractivity contribution in [2.45, 2.75) is 12.5 Å². The molecule has 0 saturated carbocycles. The largest absolute Gasteiger partial charge is 0.480 e. The van der Waals surface area contributed by atoms with E-state index in [1.807, 2.05) is 24.3 Å². The Kier molecular flexibility index (Phi) is 4.73. The van der Waals surface area contributed by atoms with Gasteiger partial charge in [-0.3, -0.25) is 4.79 Å². The number of carboxylic acid groups (broad SMARTS) is 1. The van der Waals surface area contributed by atoms with E-state index in [0.29, 0.717) is 0 Å². The summed E-state index contributed by atoms with van der Waals surface area (Å²) in [5.74, 6) is -1.08. The van der Waals surface area contributed by atoms with Gasteiger partial charge >= 0.3 is 5.97 Å². The van der Waals surface area contributed by atoms with Gasteiger partial charge in [0.2, 0.25) is 0 Å². The number of aromatic amines is 1. The van der Waals surface area contributed by atoms with Crippen LogP contribution in [0.1, 0.15) is 5.56 Å². The van der Waals surface area contributed by atoms with Crippen LogP contribution in [0.3, 0.4) is 0 Å². The predicted molar refractivity (Wildman–Crippen MR) is 58.3 cm³/mol. The second kappa shape index (κ2) is 5.85. The SMILES string of the molecule is O=C(O)C(Cc1c[nH]c2ccccc12)NO.[Cr]. The quantitative estimate of drug-likeness (QED) is 0.629. The summed E-state index contributed by atoms with van der Waals surface area (Å²) in [6.45, 7) is 0. The fourth-order valence-corrected chi connectivity index (χ4v) is 1.71. The van der Waals surface area contributed by atoms with Gasteiger partial charge in [0.25, 0.3) is 0 Å². The first-order valence-electron chi connectivity index (χ1n) is 4.90. The molecule has 2 rings (SSSR count). The van der Waals surface area contributed by atoms with Crippen molar-refractivity contribution in [3.8, 4) is 0 Å². The van der Waals surface area contributed by atoms with E-state index < -0.39 is 12.0 Å². The number of hydrogen-bond donors (Lipinski definition) is 4. The summed E-state index contributed by atoms with van der Waals surface area (Å²) in [5.41, 5.74) is 3.61. The van der Waals surface area contributed by atoms with Crippen LogP contribution >= 0.6 is 0 Å². The molecule has 0 aliphatic rings. The second-order valence-corrected chi connectivity index (χ2v) is 3.58. The zero-order chi connectivity index (χ0) is 11.5. The summed E-state index contributed by atoms with van der Waals surface area (Å²) in [5, 5.41) is 18.5. The Bertz CT molecular complexity index is 512.